The molecule has 1 aromatic carbocycles. The molecule has 0 atom stereocenters. The quantitative estimate of drug-likeness (QED) is 0.823. The number of hydrogen-bond donors (Lipinski definition) is 1. The molecule has 1 spiro atoms. The third kappa shape index (κ3) is 2.94. The van der Waals surface area contributed by atoms with Crippen LogP contribution in [0, 0.1) is 0 Å². The Morgan fingerprint density at radius 3 is 2.44 bits per heavy atom. The molecule has 3 heterocycles. The molecule has 2 amide bonds. The first-order valence-corrected chi connectivity index (χ1v) is 8.82. The maximum atomic E-state index is 13.1. The normalized spacial score (nSPS) is 18.4. The summed E-state index contributed by atoms with van der Waals surface area (Å²) in [4.78, 5) is 33.7. The number of piperidine rings is 1. The van der Waals surface area contributed by atoms with E-state index >= 15 is 0 Å². The highest BCUT2D eigenvalue weighted by atomic mass is 16.2. The lowest BCUT2D eigenvalue weighted by molar-refractivity contribution is -0.125. The Morgan fingerprint density at radius 2 is 1.81 bits per heavy atom. The van der Waals surface area contributed by atoms with Crippen LogP contribution in [0.3, 0.4) is 0 Å². The first kappa shape index (κ1) is 17.2. The number of rotatable bonds is 2. The number of amides is 2. The van der Waals surface area contributed by atoms with E-state index < -0.39 is 5.54 Å². The number of carbonyl (C=O) groups excluding carboxylic acids is 2. The van der Waals surface area contributed by atoms with Gasteiger partial charge in [-0.15, -0.1) is 10.2 Å². The fraction of sp³-hybridized carbons (Fsp3) is 0.389. The number of nitrogens with zero attached hydrogens (tertiary/aromatic N) is 6. The zero-order valence-electron chi connectivity index (χ0n) is 15.3. The van der Waals surface area contributed by atoms with Crippen LogP contribution in [0.2, 0.25) is 0 Å². The summed E-state index contributed by atoms with van der Waals surface area (Å²) in [6, 6.07) is 7.37. The van der Waals surface area contributed by atoms with Crippen LogP contribution in [0.5, 0.6) is 0 Å². The van der Waals surface area contributed by atoms with E-state index in [1.54, 1.807) is 33.1 Å². The lowest BCUT2D eigenvalue weighted by Gasteiger charge is -2.35. The minimum atomic E-state index is -0.760. The lowest BCUT2D eigenvalue weighted by Crippen LogP contribution is -2.50. The average Bonchev–Trinajstić information content (AvgIpc) is 3.31. The number of nitrogens with one attached hydrogen (secondary N) is 1. The summed E-state index contributed by atoms with van der Waals surface area (Å²) in [5.41, 5.74) is 0.561. The second-order valence-corrected chi connectivity index (χ2v) is 6.99. The van der Waals surface area contributed by atoms with Gasteiger partial charge in [0.25, 0.3) is 11.8 Å². The van der Waals surface area contributed by atoms with Crippen LogP contribution in [0.4, 0.5) is 0 Å². The van der Waals surface area contributed by atoms with E-state index in [9.17, 15) is 9.59 Å². The van der Waals surface area contributed by atoms with Crippen molar-refractivity contribution in [1.82, 2.24) is 29.9 Å². The first-order chi connectivity index (χ1) is 13.0. The number of likely N-dealkylation sites (tertiary alicyclic amines) is 1. The number of guanidine groups is 1. The van der Waals surface area contributed by atoms with Gasteiger partial charge in [0.2, 0.25) is 5.96 Å². The van der Waals surface area contributed by atoms with Crippen LogP contribution in [0.15, 0.2) is 41.9 Å². The van der Waals surface area contributed by atoms with Crippen LogP contribution in [-0.2, 0) is 4.79 Å². The Morgan fingerprint density at radius 1 is 1.15 bits per heavy atom. The Kier molecular flexibility index (Phi) is 4.14. The van der Waals surface area contributed by atoms with E-state index in [0.717, 1.165) is 5.69 Å². The largest absolute Gasteiger partial charge is 0.349 e. The molecule has 0 unspecified atom stereocenters. The van der Waals surface area contributed by atoms with Gasteiger partial charge in [0.1, 0.15) is 18.2 Å². The molecular formula is C18H21N7O2. The van der Waals surface area contributed by atoms with Gasteiger partial charge in [0.15, 0.2) is 0 Å². The van der Waals surface area contributed by atoms with E-state index in [4.69, 9.17) is 0 Å². The van der Waals surface area contributed by atoms with Crippen LogP contribution in [0.25, 0.3) is 5.69 Å². The number of benzene rings is 1. The summed E-state index contributed by atoms with van der Waals surface area (Å²) in [6.07, 6.45) is 4.16. The second-order valence-electron chi connectivity index (χ2n) is 6.99. The molecule has 0 aliphatic carbocycles. The third-order valence-corrected chi connectivity index (χ3v) is 5.10. The molecule has 1 aromatic heterocycles. The summed E-state index contributed by atoms with van der Waals surface area (Å²) in [6.45, 7) is 0.958. The molecule has 2 aromatic rings. The van der Waals surface area contributed by atoms with Crippen molar-refractivity contribution < 1.29 is 9.59 Å². The summed E-state index contributed by atoms with van der Waals surface area (Å²) < 4.78 is 1.72. The molecule has 1 N–H and O–H groups in total. The Hall–Kier alpha value is -3.23. The second kappa shape index (κ2) is 6.49. The van der Waals surface area contributed by atoms with Crippen molar-refractivity contribution in [3.63, 3.8) is 0 Å². The zero-order valence-corrected chi connectivity index (χ0v) is 15.3. The fourth-order valence-electron chi connectivity index (χ4n) is 3.50. The molecule has 1 saturated heterocycles. The van der Waals surface area contributed by atoms with Gasteiger partial charge in [-0.05, 0) is 25.0 Å². The first-order valence-electron chi connectivity index (χ1n) is 8.82. The van der Waals surface area contributed by atoms with Crippen LogP contribution in [0.1, 0.15) is 23.2 Å². The minimum Gasteiger partial charge on any atom is -0.349 e. The number of aliphatic imine (C=N–C) groups is 1. The summed E-state index contributed by atoms with van der Waals surface area (Å²) in [5, 5.41) is 10.5. The van der Waals surface area contributed by atoms with Gasteiger partial charge in [-0.1, -0.05) is 12.1 Å². The zero-order chi connectivity index (χ0) is 19.0. The highest BCUT2D eigenvalue weighted by Crippen LogP contribution is 2.31. The molecule has 140 valence electrons. The Labute approximate surface area is 156 Å². The van der Waals surface area contributed by atoms with E-state index in [-0.39, 0.29) is 11.8 Å². The van der Waals surface area contributed by atoms with Crippen LogP contribution >= 0.6 is 0 Å². The maximum Gasteiger partial charge on any atom is 0.255 e. The van der Waals surface area contributed by atoms with Crippen molar-refractivity contribution in [2.75, 3.05) is 27.2 Å². The maximum absolute atomic E-state index is 13.1. The van der Waals surface area contributed by atoms with Crippen molar-refractivity contribution >= 4 is 17.8 Å². The van der Waals surface area contributed by atoms with E-state index in [2.05, 4.69) is 20.5 Å². The number of carbonyl (C=O) groups is 2. The number of aromatic nitrogens is 3. The molecule has 2 aliphatic heterocycles. The summed E-state index contributed by atoms with van der Waals surface area (Å²) in [7, 11) is 3.69. The van der Waals surface area contributed by atoms with Crippen molar-refractivity contribution in [1.29, 1.82) is 0 Å². The van der Waals surface area contributed by atoms with Crippen molar-refractivity contribution in [3.05, 3.63) is 42.5 Å². The molecule has 4 rings (SSSR count). The van der Waals surface area contributed by atoms with E-state index in [1.807, 2.05) is 32.3 Å². The van der Waals surface area contributed by atoms with Gasteiger partial charge in [-0.25, -0.2) is 4.99 Å². The Balaban J connectivity index is 1.53. The molecule has 27 heavy (non-hydrogen) atoms. The molecule has 9 heteroatoms. The number of hydrogen-bond acceptors (Lipinski definition) is 6. The SMILES string of the molecule is CN(C)C1=NC2(CCN(C(=O)c3ccccc3-n3cnnc3)CC2)C(=O)N1. The van der Waals surface area contributed by atoms with Gasteiger partial charge >= 0.3 is 0 Å². The fourth-order valence-corrected chi connectivity index (χ4v) is 3.50. The molecule has 1 fully saturated rings. The molecule has 2 aliphatic rings. The highest BCUT2D eigenvalue weighted by Gasteiger charge is 2.47. The Bertz CT molecular complexity index is 896. The summed E-state index contributed by atoms with van der Waals surface area (Å²) >= 11 is 0. The topological polar surface area (TPSA) is 95.7 Å². The third-order valence-electron chi connectivity index (χ3n) is 5.10. The van der Waals surface area contributed by atoms with Gasteiger partial charge in [0, 0.05) is 27.2 Å². The monoisotopic (exact) mass is 367 g/mol. The van der Waals surface area contributed by atoms with Gasteiger partial charge in [-0.3, -0.25) is 19.5 Å². The molecular weight excluding hydrogens is 346 g/mol. The van der Waals surface area contributed by atoms with E-state index in [0.29, 0.717) is 37.5 Å². The molecule has 0 bridgehead atoms. The predicted octanol–water partition coefficient (Wildman–Crippen LogP) is 0.290. The summed E-state index contributed by atoms with van der Waals surface area (Å²) in [5.74, 6) is 0.435. The van der Waals surface area contributed by atoms with Crippen LogP contribution in [-0.4, -0.2) is 75.1 Å². The van der Waals surface area contributed by atoms with Gasteiger partial charge in [-0.2, -0.15) is 0 Å². The van der Waals surface area contributed by atoms with Crippen molar-refractivity contribution in [2.24, 2.45) is 4.99 Å². The average molecular weight is 367 g/mol. The minimum absolute atomic E-state index is 0.0654. The van der Waals surface area contributed by atoms with Gasteiger partial charge in [0.05, 0.1) is 11.3 Å². The number of para-hydroxylation sites is 1. The smallest absolute Gasteiger partial charge is 0.255 e. The molecule has 9 nitrogen and oxygen atoms in total. The van der Waals surface area contributed by atoms with Crippen LogP contribution < -0.4 is 5.32 Å². The molecule has 0 saturated carbocycles. The van der Waals surface area contributed by atoms with Gasteiger partial charge < -0.3 is 9.80 Å². The standard InChI is InChI=1S/C18H21N7O2/c1-23(2)17-21-16(27)18(22-17)7-9-24(10-8-18)15(26)13-5-3-4-6-14(13)25-11-19-20-12-25/h3-6,11-12H,7-10H2,1-2H3,(H,21,22,27). The van der Waals surface area contributed by atoms with Crippen molar-refractivity contribution in [2.45, 2.75) is 18.4 Å². The highest BCUT2D eigenvalue weighted by molar-refractivity contribution is 6.07. The predicted molar refractivity (Wildman–Crippen MR) is 98.5 cm³/mol. The molecule has 0 radical (unpaired) electrons. The van der Waals surface area contributed by atoms with E-state index in [1.165, 1.54) is 0 Å². The lowest BCUT2D eigenvalue weighted by atomic mass is 9.87. The van der Waals surface area contributed by atoms with Crippen molar-refractivity contribution in [3.8, 4) is 5.69 Å².